The molecule has 0 saturated heterocycles. The molecule has 0 fully saturated rings. The molecule has 2 rings (SSSR count). The molecule has 0 amide bonds. The molecule has 86 valence electrons. The van der Waals surface area contributed by atoms with E-state index in [1.54, 1.807) is 6.07 Å². The van der Waals surface area contributed by atoms with Crippen LogP contribution in [-0.2, 0) is 17.6 Å². The fourth-order valence-electron chi connectivity index (χ4n) is 2.41. The van der Waals surface area contributed by atoms with Crippen LogP contribution in [-0.4, -0.2) is 22.7 Å². The SMILES string of the molecule is NCC(C(=O)O)c1c(O)ccc2c1CCC2. The van der Waals surface area contributed by atoms with Crippen LogP contribution in [0.15, 0.2) is 12.1 Å². The number of carbonyl (C=O) groups is 1. The number of fused-ring (bicyclic) bond motifs is 1. The van der Waals surface area contributed by atoms with Gasteiger partial charge >= 0.3 is 5.97 Å². The molecule has 0 spiro atoms. The van der Waals surface area contributed by atoms with Crippen LogP contribution in [0.25, 0.3) is 0 Å². The lowest BCUT2D eigenvalue weighted by Crippen LogP contribution is -2.22. The molecule has 0 aromatic heterocycles. The van der Waals surface area contributed by atoms with Crippen LogP contribution in [0.1, 0.15) is 29.0 Å². The Hall–Kier alpha value is -1.55. The van der Waals surface area contributed by atoms with Gasteiger partial charge in [0.2, 0.25) is 0 Å². The molecule has 0 bridgehead atoms. The van der Waals surface area contributed by atoms with Gasteiger partial charge in [0, 0.05) is 12.1 Å². The number of hydrogen-bond donors (Lipinski definition) is 3. The van der Waals surface area contributed by atoms with E-state index in [9.17, 15) is 9.90 Å². The van der Waals surface area contributed by atoms with Crippen molar-refractivity contribution in [3.63, 3.8) is 0 Å². The summed E-state index contributed by atoms with van der Waals surface area (Å²) in [6, 6.07) is 3.45. The highest BCUT2D eigenvalue weighted by molar-refractivity contribution is 5.78. The second kappa shape index (κ2) is 4.14. The van der Waals surface area contributed by atoms with Gasteiger partial charge in [0.05, 0.1) is 5.92 Å². The van der Waals surface area contributed by atoms with Gasteiger partial charge in [0.1, 0.15) is 5.75 Å². The van der Waals surface area contributed by atoms with Crippen molar-refractivity contribution in [2.24, 2.45) is 5.73 Å². The second-order valence-electron chi connectivity index (χ2n) is 4.12. The Morgan fingerprint density at radius 2 is 2.19 bits per heavy atom. The van der Waals surface area contributed by atoms with Gasteiger partial charge in [-0.15, -0.1) is 0 Å². The van der Waals surface area contributed by atoms with Crippen molar-refractivity contribution in [2.45, 2.75) is 25.2 Å². The summed E-state index contributed by atoms with van der Waals surface area (Å²) in [5.41, 5.74) is 8.13. The second-order valence-corrected chi connectivity index (χ2v) is 4.12. The Bertz CT molecular complexity index is 429. The predicted octanol–water partition coefficient (Wildman–Crippen LogP) is 1.01. The van der Waals surface area contributed by atoms with Crippen LogP contribution in [0.3, 0.4) is 0 Å². The molecule has 1 aliphatic rings. The number of carboxylic acids is 1. The lowest BCUT2D eigenvalue weighted by molar-refractivity contribution is -0.138. The van der Waals surface area contributed by atoms with Crippen LogP contribution < -0.4 is 5.73 Å². The lowest BCUT2D eigenvalue weighted by atomic mass is 9.91. The highest BCUT2D eigenvalue weighted by atomic mass is 16.4. The monoisotopic (exact) mass is 221 g/mol. The van der Waals surface area contributed by atoms with E-state index in [-0.39, 0.29) is 12.3 Å². The van der Waals surface area contributed by atoms with E-state index in [1.807, 2.05) is 6.07 Å². The van der Waals surface area contributed by atoms with Crippen LogP contribution >= 0.6 is 0 Å². The van der Waals surface area contributed by atoms with E-state index in [4.69, 9.17) is 10.8 Å². The fourth-order valence-corrected chi connectivity index (χ4v) is 2.41. The van der Waals surface area contributed by atoms with Crippen molar-refractivity contribution in [2.75, 3.05) is 6.54 Å². The number of aryl methyl sites for hydroxylation is 1. The first-order valence-corrected chi connectivity index (χ1v) is 5.41. The van der Waals surface area contributed by atoms with Crippen molar-refractivity contribution in [3.8, 4) is 5.75 Å². The third kappa shape index (κ3) is 1.65. The van der Waals surface area contributed by atoms with Crippen molar-refractivity contribution in [1.29, 1.82) is 0 Å². The summed E-state index contributed by atoms with van der Waals surface area (Å²) in [6.45, 7) is 0.0132. The summed E-state index contributed by atoms with van der Waals surface area (Å²) in [6.07, 6.45) is 2.81. The fraction of sp³-hybridized carbons (Fsp3) is 0.417. The molecule has 4 heteroatoms. The minimum Gasteiger partial charge on any atom is -0.508 e. The molecule has 0 radical (unpaired) electrons. The maximum atomic E-state index is 11.1. The molecule has 0 saturated carbocycles. The predicted molar refractivity (Wildman–Crippen MR) is 59.6 cm³/mol. The normalized spacial score (nSPS) is 15.8. The first kappa shape index (κ1) is 11.0. The van der Waals surface area contributed by atoms with Crippen molar-refractivity contribution >= 4 is 5.97 Å². The number of aromatic hydroxyl groups is 1. The average Bonchev–Trinajstić information content (AvgIpc) is 2.69. The molecule has 1 aromatic rings. The van der Waals surface area contributed by atoms with E-state index in [0.29, 0.717) is 5.56 Å². The summed E-state index contributed by atoms with van der Waals surface area (Å²) in [7, 11) is 0. The Kier molecular flexibility index (Phi) is 2.83. The van der Waals surface area contributed by atoms with Crippen molar-refractivity contribution in [1.82, 2.24) is 0 Å². The summed E-state index contributed by atoms with van der Waals surface area (Å²) >= 11 is 0. The van der Waals surface area contributed by atoms with Crippen LogP contribution in [0.4, 0.5) is 0 Å². The highest BCUT2D eigenvalue weighted by Crippen LogP contribution is 2.36. The summed E-state index contributed by atoms with van der Waals surface area (Å²) in [5, 5.41) is 18.9. The smallest absolute Gasteiger partial charge is 0.312 e. The maximum Gasteiger partial charge on any atom is 0.312 e. The minimum atomic E-state index is -0.974. The molecule has 0 heterocycles. The number of aliphatic carboxylic acids is 1. The number of carboxylic acid groups (broad SMARTS) is 1. The molecule has 0 aliphatic heterocycles. The van der Waals surface area contributed by atoms with Gasteiger partial charge in [-0.2, -0.15) is 0 Å². The Morgan fingerprint density at radius 1 is 1.44 bits per heavy atom. The first-order chi connectivity index (χ1) is 7.65. The van der Waals surface area contributed by atoms with Crippen LogP contribution in [0.2, 0.25) is 0 Å². The van der Waals surface area contributed by atoms with E-state index in [0.717, 1.165) is 30.4 Å². The maximum absolute atomic E-state index is 11.1. The molecule has 1 aromatic carbocycles. The van der Waals surface area contributed by atoms with Gasteiger partial charge in [0.25, 0.3) is 0 Å². The van der Waals surface area contributed by atoms with Crippen LogP contribution in [0.5, 0.6) is 5.75 Å². The molecule has 4 nitrogen and oxygen atoms in total. The van der Waals surface area contributed by atoms with E-state index in [1.165, 1.54) is 0 Å². The Morgan fingerprint density at radius 3 is 2.81 bits per heavy atom. The third-order valence-corrected chi connectivity index (χ3v) is 3.19. The number of nitrogens with two attached hydrogens (primary N) is 1. The molecule has 1 atom stereocenters. The zero-order chi connectivity index (χ0) is 11.7. The van der Waals surface area contributed by atoms with Crippen LogP contribution in [0, 0.1) is 0 Å². The largest absolute Gasteiger partial charge is 0.508 e. The number of benzene rings is 1. The number of hydrogen-bond acceptors (Lipinski definition) is 3. The summed E-state index contributed by atoms with van der Waals surface area (Å²) in [5.74, 6) is -1.72. The van der Waals surface area contributed by atoms with E-state index >= 15 is 0 Å². The molecule has 4 N–H and O–H groups in total. The van der Waals surface area contributed by atoms with Crippen molar-refractivity contribution < 1.29 is 15.0 Å². The van der Waals surface area contributed by atoms with E-state index < -0.39 is 11.9 Å². The molecule has 1 unspecified atom stereocenters. The van der Waals surface area contributed by atoms with Gasteiger partial charge in [0.15, 0.2) is 0 Å². The highest BCUT2D eigenvalue weighted by Gasteiger charge is 2.27. The summed E-state index contributed by atoms with van der Waals surface area (Å²) < 4.78 is 0. The summed E-state index contributed by atoms with van der Waals surface area (Å²) in [4.78, 5) is 11.1. The quantitative estimate of drug-likeness (QED) is 0.711. The average molecular weight is 221 g/mol. The zero-order valence-electron chi connectivity index (χ0n) is 8.94. The van der Waals surface area contributed by atoms with Gasteiger partial charge in [-0.3, -0.25) is 4.79 Å². The van der Waals surface area contributed by atoms with Crippen molar-refractivity contribution in [3.05, 3.63) is 28.8 Å². The zero-order valence-corrected chi connectivity index (χ0v) is 8.94. The Labute approximate surface area is 93.7 Å². The Balaban J connectivity index is 2.54. The lowest BCUT2D eigenvalue weighted by Gasteiger charge is -2.16. The number of phenolic OH excluding ortho intramolecular Hbond substituents is 1. The first-order valence-electron chi connectivity index (χ1n) is 5.41. The van der Waals surface area contributed by atoms with Gasteiger partial charge in [-0.25, -0.2) is 0 Å². The molecular weight excluding hydrogens is 206 g/mol. The molecule has 1 aliphatic carbocycles. The van der Waals surface area contributed by atoms with Gasteiger partial charge in [-0.1, -0.05) is 6.07 Å². The number of phenols is 1. The third-order valence-electron chi connectivity index (χ3n) is 3.19. The molecular formula is C12H15NO3. The topological polar surface area (TPSA) is 83.6 Å². The molecule has 16 heavy (non-hydrogen) atoms. The standard InChI is InChI=1S/C12H15NO3/c13-6-9(12(15)16)11-8-3-1-2-7(8)4-5-10(11)14/h4-5,9,14H,1-3,6,13H2,(H,15,16). The van der Waals surface area contributed by atoms with Gasteiger partial charge in [-0.05, 0) is 36.5 Å². The van der Waals surface area contributed by atoms with Gasteiger partial charge < -0.3 is 15.9 Å². The van der Waals surface area contributed by atoms with E-state index in [2.05, 4.69) is 0 Å². The number of rotatable bonds is 3. The minimum absolute atomic E-state index is 0.0132.